The average molecular weight is 369 g/mol. The molecule has 3 rings (SSSR count). The molecule has 1 aliphatic rings. The highest BCUT2D eigenvalue weighted by molar-refractivity contribution is 5.93. The summed E-state index contributed by atoms with van der Waals surface area (Å²) in [6.45, 7) is 3.25. The summed E-state index contributed by atoms with van der Waals surface area (Å²) >= 11 is 0. The van der Waals surface area contributed by atoms with Gasteiger partial charge in [-0.05, 0) is 55.6 Å². The van der Waals surface area contributed by atoms with Gasteiger partial charge in [0.2, 0.25) is 0 Å². The standard InChI is InChI=1S/C21H27N3O3/c1-15(16-7-9-19(26-3)10-8-16)24-11-5-6-20(24)17-12-18(14-22-13-17)21(25)23(2)27-4/h7-10,12-15,20H,5-6,11H2,1-4H3/t15-,20+/m1/s1. The van der Waals surface area contributed by atoms with Crippen LogP contribution in [0.2, 0.25) is 0 Å². The van der Waals surface area contributed by atoms with Crippen LogP contribution in [0.15, 0.2) is 42.7 Å². The van der Waals surface area contributed by atoms with Gasteiger partial charge in [0.05, 0.1) is 19.8 Å². The summed E-state index contributed by atoms with van der Waals surface area (Å²) in [5.41, 5.74) is 2.87. The Morgan fingerprint density at radius 3 is 2.67 bits per heavy atom. The van der Waals surface area contributed by atoms with Gasteiger partial charge in [0.1, 0.15) is 5.75 Å². The Kier molecular flexibility index (Phi) is 6.08. The zero-order valence-electron chi connectivity index (χ0n) is 16.4. The van der Waals surface area contributed by atoms with Crippen LogP contribution < -0.4 is 4.74 Å². The fourth-order valence-corrected chi connectivity index (χ4v) is 3.71. The average Bonchev–Trinajstić information content (AvgIpc) is 3.22. The summed E-state index contributed by atoms with van der Waals surface area (Å²) in [6.07, 6.45) is 5.64. The third kappa shape index (κ3) is 4.12. The molecule has 1 aliphatic heterocycles. The van der Waals surface area contributed by atoms with Crippen molar-refractivity contribution in [1.82, 2.24) is 14.9 Å². The molecule has 0 bridgehead atoms. The predicted octanol–water partition coefficient (Wildman–Crippen LogP) is 3.62. The van der Waals surface area contributed by atoms with E-state index in [1.165, 1.54) is 17.7 Å². The molecule has 27 heavy (non-hydrogen) atoms. The van der Waals surface area contributed by atoms with Crippen LogP contribution in [0, 0.1) is 0 Å². The maximum absolute atomic E-state index is 12.4. The van der Waals surface area contributed by atoms with E-state index in [-0.39, 0.29) is 18.0 Å². The summed E-state index contributed by atoms with van der Waals surface area (Å²) in [5.74, 6) is 0.668. The van der Waals surface area contributed by atoms with Crippen molar-refractivity contribution >= 4 is 5.91 Å². The van der Waals surface area contributed by atoms with E-state index in [2.05, 4.69) is 28.9 Å². The summed E-state index contributed by atoms with van der Waals surface area (Å²) in [5, 5.41) is 1.22. The van der Waals surface area contributed by atoms with Crippen LogP contribution in [0.25, 0.3) is 0 Å². The lowest BCUT2D eigenvalue weighted by molar-refractivity contribution is -0.0757. The number of methoxy groups -OCH3 is 1. The minimum Gasteiger partial charge on any atom is -0.497 e. The first kappa shape index (κ1) is 19.3. The van der Waals surface area contributed by atoms with Gasteiger partial charge in [-0.15, -0.1) is 0 Å². The normalized spacial score (nSPS) is 18.3. The summed E-state index contributed by atoms with van der Waals surface area (Å²) in [7, 11) is 4.75. The number of carbonyl (C=O) groups excluding carboxylic acids is 1. The second kappa shape index (κ2) is 8.50. The molecule has 0 spiro atoms. The number of hydrogen-bond donors (Lipinski definition) is 0. The van der Waals surface area contributed by atoms with Crippen molar-refractivity contribution in [3.8, 4) is 5.75 Å². The number of aromatic nitrogens is 1. The molecule has 0 saturated carbocycles. The van der Waals surface area contributed by atoms with Gasteiger partial charge < -0.3 is 4.74 Å². The van der Waals surface area contributed by atoms with Crippen molar-refractivity contribution in [2.45, 2.75) is 31.8 Å². The van der Waals surface area contributed by atoms with Crippen molar-refractivity contribution in [2.75, 3.05) is 27.8 Å². The first-order valence-corrected chi connectivity index (χ1v) is 9.22. The van der Waals surface area contributed by atoms with E-state index in [1.54, 1.807) is 20.4 Å². The van der Waals surface area contributed by atoms with Crippen LogP contribution in [-0.2, 0) is 4.84 Å². The first-order chi connectivity index (χ1) is 13.0. The molecule has 2 aromatic rings. The van der Waals surface area contributed by atoms with Gasteiger partial charge in [0.25, 0.3) is 5.91 Å². The molecule has 0 radical (unpaired) electrons. The molecule has 6 nitrogen and oxygen atoms in total. The monoisotopic (exact) mass is 369 g/mol. The summed E-state index contributed by atoms with van der Waals surface area (Å²) in [4.78, 5) is 24.2. The summed E-state index contributed by atoms with van der Waals surface area (Å²) < 4.78 is 5.26. The van der Waals surface area contributed by atoms with Gasteiger partial charge in [0.15, 0.2) is 0 Å². The smallest absolute Gasteiger partial charge is 0.278 e. The second-order valence-electron chi connectivity index (χ2n) is 6.84. The predicted molar refractivity (Wildman–Crippen MR) is 103 cm³/mol. The van der Waals surface area contributed by atoms with Gasteiger partial charge in [-0.25, -0.2) is 5.06 Å². The van der Waals surface area contributed by atoms with Crippen molar-refractivity contribution < 1.29 is 14.4 Å². The van der Waals surface area contributed by atoms with Crippen molar-refractivity contribution in [3.05, 3.63) is 59.4 Å². The van der Waals surface area contributed by atoms with Crippen molar-refractivity contribution in [2.24, 2.45) is 0 Å². The van der Waals surface area contributed by atoms with Gasteiger partial charge >= 0.3 is 0 Å². The number of likely N-dealkylation sites (tertiary alicyclic amines) is 1. The van der Waals surface area contributed by atoms with Crippen molar-refractivity contribution in [3.63, 3.8) is 0 Å². The number of carbonyl (C=O) groups is 1. The zero-order valence-corrected chi connectivity index (χ0v) is 16.4. The molecule has 0 N–H and O–H groups in total. The number of hydroxylamine groups is 2. The van der Waals surface area contributed by atoms with E-state index in [0.717, 1.165) is 30.7 Å². The quantitative estimate of drug-likeness (QED) is 0.728. The third-order valence-corrected chi connectivity index (χ3v) is 5.34. The second-order valence-corrected chi connectivity index (χ2v) is 6.84. The molecule has 1 saturated heterocycles. The minimum absolute atomic E-state index is 0.195. The molecular weight excluding hydrogens is 342 g/mol. The van der Waals surface area contributed by atoms with Crippen LogP contribution >= 0.6 is 0 Å². The van der Waals surface area contributed by atoms with Crippen LogP contribution in [0.1, 0.15) is 53.3 Å². The zero-order chi connectivity index (χ0) is 19.4. The lowest BCUT2D eigenvalue weighted by Gasteiger charge is -2.31. The third-order valence-electron chi connectivity index (χ3n) is 5.34. The largest absolute Gasteiger partial charge is 0.497 e. The maximum Gasteiger partial charge on any atom is 0.278 e. The van der Waals surface area contributed by atoms with Crippen molar-refractivity contribution in [1.29, 1.82) is 0 Å². The molecule has 1 aromatic heterocycles. The number of pyridine rings is 1. The molecular formula is C21H27N3O3. The van der Waals surface area contributed by atoms with Gasteiger partial charge in [-0.1, -0.05) is 12.1 Å². The van der Waals surface area contributed by atoms with E-state index >= 15 is 0 Å². The highest BCUT2D eigenvalue weighted by Crippen LogP contribution is 2.38. The molecule has 2 heterocycles. The topological polar surface area (TPSA) is 54.9 Å². The fraction of sp³-hybridized carbons (Fsp3) is 0.429. The SMILES string of the molecule is COc1ccc([C@@H](C)N2CCC[C@H]2c2cncc(C(=O)N(C)OC)c2)cc1. The first-order valence-electron chi connectivity index (χ1n) is 9.22. The number of nitrogens with zero attached hydrogens (tertiary/aromatic N) is 3. The number of hydrogen-bond acceptors (Lipinski definition) is 5. The van der Waals surface area contributed by atoms with Gasteiger partial charge in [-0.3, -0.25) is 19.5 Å². The highest BCUT2D eigenvalue weighted by Gasteiger charge is 2.31. The maximum atomic E-state index is 12.4. The molecule has 1 fully saturated rings. The van der Waals surface area contributed by atoms with Crippen LogP contribution in [-0.4, -0.2) is 48.7 Å². The number of ether oxygens (including phenoxy) is 1. The van der Waals surface area contributed by atoms with E-state index < -0.39 is 0 Å². The lowest BCUT2D eigenvalue weighted by atomic mass is 10.0. The van der Waals surface area contributed by atoms with Crippen LogP contribution in [0.5, 0.6) is 5.75 Å². The fourth-order valence-electron chi connectivity index (χ4n) is 3.71. The van der Waals surface area contributed by atoms with E-state index in [9.17, 15) is 4.79 Å². The van der Waals surface area contributed by atoms with E-state index in [0.29, 0.717) is 5.56 Å². The Balaban J connectivity index is 1.82. The molecule has 1 aromatic carbocycles. The number of rotatable bonds is 6. The minimum atomic E-state index is -0.195. The summed E-state index contributed by atoms with van der Waals surface area (Å²) in [6, 6.07) is 10.7. The van der Waals surface area contributed by atoms with Gasteiger partial charge in [0, 0.05) is 31.5 Å². The molecule has 144 valence electrons. The van der Waals surface area contributed by atoms with Crippen LogP contribution in [0.3, 0.4) is 0 Å². The lowest BCUT2D eigenvalue weighted by Crippen LogP contribution is -2.28. The molecule has 0 aliphatic carbocycles. The Morgan fingerprint density at radius 2 is 2.00 bits per heavy atom. The van der Waals surface area contributed by atoms with Crippen LogP contribution in [0.4, 0.5) is 0 Å². The van der Waals surface area contributed by atoms with Gasteiger partial charge in [-0.2, -0.15) is 0 Å². The number of amides is 1. The highest BCUT2D eigenvalue weighted by atomic mass is 16.7. The Hall–Kier alpha value is -2.44. The molecule has 0 unspecified atom stereocenters. The Bertz CT molecular complexity index is 778. The molecule has 6 heteroatoms. The Labute approximate surface area is 160 Å². The molecule has 1 amide bonds. The van der Waals surface area contributed by atoms with E-state index in [4.69, 9.17) is 9.57 Å². The Morgan fingerprint density at radius 1 is 1.26 bits per heavy atom. The number of benzene rings is 1. The van der Waals surface area contributed by atoms with E-state index in [1.807, 2.05) is 24.4 Å². The molecule has 2 atom stereocenters.